The summed E-state index contributed by atoms with van der Waals surface area (Å²) in [5.41, 5.74) is -0.155. The minimum atomic E-state index is -1.45. The van der Waals surface area contributed by atoms with Crippen molar-refractivity contribution >= 4 is 5.91 Å². The first kappa shape index (κ1) is 14.6. The van der Waals surface area contributed by atoms with E-state index in [1.807, 2.05) is 0 Å². The highest BCUT2D eigenvalue weighted by atomic mass is 19.1. The number of carbonyl (C=O) groups is 1. The fourth-order valence-electron chi connectivity index (χ4n) is 1.42. The lowest BCUT2D eigenvalue weighted by molar-refractivity contribution is 0.0860. The number of methoxy groups -OCH3 is 1. The third-order valence-electron chi connectivity index (χ3n) is 2.51. The largest absolute Gasteiger partial charge is 0.388 e. The van der Waals surface area contributed by atoms with Gasteiger partial charge >= 0.3 is 0 Å². The quantitative estimate of drug-likeness (QED) is 0.796. The number of amides is 1. The van der Waals surface area contributed by atoms with Crippen molar-refractivity contribution in [3.05, 3.63) is 17.0 Å². The zero-order valence-corrected chi connectivity index (χ0v) is 10.6. The first-order chi connectivity index (χ1) is 8.51. The Bertz CT molecular complexity index is 406. The van der Waals surface area contributed by atoms with Gasteiger partial charge in [0.1, 0.15) is 12.8 Å². The molecule has 0 bridgehead atoms. The van der Waals surface area contributed by atoms with Crippen LogP contribution < -0.4 is 5.32 Å². The molecule has 0 saturated carbocycles. The van der Waals surface area contributed by atoms with Crippen LogP contribution >= 0.6 is 0 Å². The fraction of sp³-hybridized carbons (Fsp3) is 0.636. The molecule has 1 rings (SSSR count). The van der Waals surface area contributed by atoms with Crippen LogP contribution in [-0.4, -0.2) is 35.9 Å². The predicted molar refractivity (Wildman–Crippen MR) is 60.8 cm³/mol. The summed E-state index contributed by atoms with van der Waals surface area (Å²) in [6.45, 7) is 2.80. The summed E-state index contributed by atoms with van der Waals surface area (Å²) in [5, 5.41) is 15.0. The summed E-state index contributed by atoms with van der Waals surface area (Å²) in [4.78, 5) is 11.8. The standard InChI is InChI=1S/C11H17FN2O4/c1-6(17-3)4-13-11(16)10-9(7(2)12)8(5-15)18-14-10/h6-7,15H,4-5H2,1-3H3,(H,13,16). The molecular formula is C11H17FN2O4. The van der Waals surface area contributed by atoms with E-state index in [1.165, 1.54) is 14.0 Å². The molecule has 6 nitrogen and oxygen atoms in total. The van der Waals surface area contributed by atoms with Gasteiger partial charge in [-0.3, -0.25) is 4.79 Å². The van der Waals surface area contributed by atoms with Crippen molar-refractivity contribution in [1.82, 2.24) is 10.5 Å². The average Bonchev–Trinajstić information content (AvgIpc) is 2.79. The summed E-state index contributed by atoms with van der Waals surface area (Å²) < 4.78 is 23.1. The molecule has 0 aromatic carbocycles. The van der Waals surface area contributed by atoms with Crippen molar-refractivity contribution in [2.45, 2.75) is 32.7 Å². The van der Waals surface area contributed by atoms with Gasteiger partial charge in [-0.25, -0.2) is 4.39 Å². The van der Waals surface area contributed by atoms with Gasteiger partial charge in [0.2, 0.25) is 0 Å². The molecule has 2 N–H and O–H groups in total. The molecule has 0 saturated heterocycles. The minimum absolute atomic E-state index is 0.0138. The third-order valence-corrected chi connectivity index (χ3v) is 2.51. The lowest BCUT2D eigenvalue weighted by Gasteiger charge is -2.10. The number of aromatic nitrogens is 1. The third kappa shape index (κ3) is 3.27. The summed E-state index contributed by atoms with van der Waals surface area (Å²) in [6.07, 6.45) is -1.61. The number of nitrogens with zero attached hydrogens (tertiary/aromatic N) is 1. The van der Waals surface area contributed by atoms with Crippen LogP contribution in [0.25, 0.3) is 0 Å². The van der Waals surface area contributed by atoms with Gasteiger partial charge in [-0.05, 0) is 13.8 Å². The molecule has 0 aliphatic rings. The summed E-state index contributed by atoms with van der Waals surface area (Å²) >= 11 is 0. The SMILES string of the molecule is COC(C)CNC(=O)c1noc(CO)c1C(C)F. The van der Waals surface area contributed by atoms with Gasteiger partial charge in [-0.2, -0.15) is 0 Å². The number of nitrogens with one attached hydrogen (secondary N) is 1. The molecule has 2 unspecified atom stereocenters. The average molecular weight is 260 g/mol. The Hall–Kier alpha value is -1.47. The van der Waals surface area contributed by atoms with E-state index in [4.69, 9.17) is 14.4 Å². The number of alkyl halides is 1. The van der Waals surface area contributed by atoms with E-state index in [0.29, 0.717) is 0 Å². The Morgan fingerprint density at radius 1 is 1.61 bits per heavy atom. The van der Waals surface area contributed by atoms with Crippen molar-refractivity contribution in [2.75, 3.05) is 13.7 Å². The number of rotatable bonds is 6. The smallest absolute Gasteiger partial charge is 0.273 e. The molecule has 0 fully saturated rings. The van der Waals surface area contributed by atoms with Crippen molar-refractivity contribution in [2.24, 2.45) is 0 Å². The summed E-state index contributed by atoms with van der Waals surface area (Å²) in [6, 6.07) is 0. The Labute approximate surface area is 104 Å². The van der Waals surface area contributed by atoms with Crippen molar-refractivity contribution in [3.63, 3.8) is 0 Å². The first-order valence-corrected chi connectivity index (χ1v) is 5.55. The van der Waals surface area contributed by atoms with Crippen molar-refractivity contribution in [1.29, 1.82) is 0 Å². The van der Waals surface area contributed by atoms with E-state index in [0.717, 1.165) is 0 Å². The van der Waals surface area contributed by atoms with Gasteiger partial charge in [-0.1, -0.05) is 5.16 Å². The topological polar surface area (TPSA) is 84.6 Å². The second-order valence-electron chi connectivity index (χ2n) is 3.90. The number of halogens is 1. The van der Waals surface area contributed by atoms with Crippen LogP contribution in [0.5, 0.6) is 0 Å². The molecule has 102 valence electrons. The monoisotopic (exact) mass is 260 g/mol. The lowest BCUT2D eigenvalue weighted by atomic mass is 10.1. The zero-order valence-electron chi connectivity index (χ0n) is 10.6. The number of hydrogen-bond acceptors (Lipinski definition) is 5. The highest BCUT2D eigenvalue weighted by Crippen LogP contribution is 2.25. The number of hydrogen-bond donors (Lipinski definition) is 2. The second-order valence-corrected chi connectivity index (χ2v) is 3.90. The van der Waals surface area contributed by atoms with Gasteiger partial charge in [-0.15, -0.1) is 0 Å². The molecule has 1 aromatic rings. The van der Waals surface area contributed by atoms with Gasteiger partial charge in [0.25, 0.3) is 5.91 Å². The molecule has 0 aliphatic carbocycles. The Kier molecular flexibility index (Phi) is 5.24. The van der Waals surface area contributed by atoms with E-state index in [2.05, 4.69) is 10.5 Å². The number of aliphatic hydroxyl groups is 1. The summed E-state index contributed by atoms with van der Waals surface area (Å²) in [7, 11) is 1.52. The number of ether oxygens (including phenoxy) is 1. The second kappa shape index (κ2) is 6.46. The molecule has 1 amide bonds. The molecular weight excluding hydrogens is 243 g/mol. The van der Waals surface area contributed by atoms with E-state index in [-0.39, 0.29) is 29.7 Å². The minimum Gasteiger partial charge on any atom is -0.388 e. The van der Waals surface area contributed by atoms with E-state index in [1.54, 1.807) is 6.92 Å². The molecule has 1 heterocycles. The van der Waals surface area contributed by atoms with Crippen molar-refractivity contribution < 1.29 is 23.6 Å². The van der Waals surface area contributed by atoms with Crippen LogP contribution in [-0.2, 0) is 11.3 Å². The maximum absolute atomic E-state index is 13.4. The van der Waals surface area contributed by atoms with Gasteiger partial charge in [0, 0.05) is 13.7 Å². The normalized spacial score (nSPS) is 14.3. The highest BCUT2D eigenvalue weighted by molar-refractivity contribution is 5.93. The Morgan fingerprint density at radius 3 is 2.78 bits per heavy atom. The van der Waals surface area contributed by atoms with Crippen LogP contribution in [0.2, 0.25) is 0 Å². The predicted octanol–water partition coefficient (Wildman–Crippen LogP) is 0.962. The van der Waals surface area contributed by atoms with Gasteiger partial charge in [0.05, 0.1) is 11.7 Å². The fourth-order valence-corrected chi connectivity index (χ4v) is 1.42. The number of aliphatic hydroxyl groups excluding tert-OH is 1. The Morgan fingerprint density at radius 2 is 2.28 bits per heavy atom. The molecule has 1 aromatic heterocycles. The maximum atomic E-state index is 13.4. The van der Waals surface area contributed by atoms with Crippen LogP contribution in [0, 0.1) is 0 Å². The zero-order chi connectivity index (χ0) is 13.7. The lowest BCUT2D eigenvalue weighted by Crippen LogP contribution is -2.32. The van der Waals surface area contributed by atoms with E-state index < -0.39 is 18.7 Å². The van der Waals surface area contributed by atoms with E-state index >= 15 is 0 Å². The first-order valence-electron chi connectivity index (χ1n) is 5.55. The molecule has 18 heavy (non-hydrogen) atoms. The highest BCUT2D eigenvalue weighted by Gasteiger charge is 2.25. The van der Waals surface area contributed by atoms with E-state index in [9.17, 15) is 9.18 Å². The van der Waals surface area contributed by atoms with Crippen molar-refractivity contribution in [3.8, 4) is 0 Å². The number of carbonyl (C=O) groups excluding carboxylic acids is 1. The molecule has 2 atom stereocenters. The van der Waals surface area contributed by atoms with Crippen LogP contribution in [0.15, 0.2) is 4.52 Å². The molecule has 0 aliphatic heterocycles. The van der Waals surface area contributed by atoms with Gasteiger partial charge in [0.15, 0.2) is 11.5 Å². The summed E-state index contributed by atoms with van der Waals surface area (Å²) in [5.74, 6) is -0.586. The molecule has 7 heteroatoms. The Balaban J connectivity index is 2.82. The maximum Gasteiger partial charge on any atom is 0.273 e. The molecule has 0 spiro atoms. The van der Waals surface area contributed by atoms with Crippen LogP contribution in [0.4, 0.5) is 4.39 Å². The van der Waals surface area contributed by atoms with Gasteiger partial charge < -0.3 is 19.7 Å². The van der Waals surface area contributed by atoms with Crippen LogP contribution in [0.3, 0.4) is 0 Å². The van der Waals surface area contributed by atoms with Crippen LogP contribution in [0.1, 0.15) is 41.8 Å². The molecule has 0 radical (unpaired) electrons.